The van der Waals surface area contributed by atoms with Crippen LogP contribution >= 0.6 is 11.8 Å². The van der Waals surface area contributed by atoms with Crippen molar-refractivity contribution < 1.29 is 14.7 Å². The van der Waals surface area contributed by atoms with E-state index in [1.54, 1.807) is 11.8 Å². The molecule has 3 rings (SSSR count). The van der Waals surface area contributed by atoms with Crippen molar-refractivity contribution in [3.63, 3.8) is 0 Å². The highest BCUT2D eigenvalue weighted by Gasteiger charge is 2.32. The van der Waals surface area contributed by atoms with Crippen molar-refractivity contribution in [2.24, 2.45) is 0 Å². The number of rotatable bonds is 6. The Kier molecular flexibility index (Phi) is 5.20. The van der Waals surface area contributed by atoms with E-state index in [-0.39, 0.29) is 18.4 Å². The average molecular weight is 341 g/mol. The minimum absolute atomic E-state index is 0.0919. The molecule has 0 saturated heterocycles. The Bertz CT molecular complexity index is 732. The van der Waals surface area contributed by atoms with Gasteiger partial charge in [0, 0.05) is 17.2 Å². The van der Waals surface area contributed by atoms with Crippen molar-refractivity contribution >= 4 is 23.6 Å². The van der Waals surface area contributed by atoms with Gasteiger partial charge in [-0.2, -0.15) is 0 Å². The topological polar surface area (TPSA) is 57.6 Å². The van der Waals surface area contributed by atoms with Gasteiger partial charge in [0.2, 0.25) is 5.91 Å². The van der Waals surface area contributed by atoms with Crippen LogP contribution in [0.1, 0.15) is 17.0 Å². The highest BCUT2D eigenvalue weighted by molar-refractivity contribution is 7.99. The van der Waals surface area contributed by atoms with Crippen LogP contribution in [-0.2, 0) is 16.0 Å². The van der Waals surface area contributed by atoms with Crippen LogP contribution in [0.5, 0.6) is 0 Å². The lowest BCUT2D eigenvalue weighted by atomic mass is 9.99. The van der Waals surface area contributed by atoms with Gasteiger partial charge >= 0.3 is 5.97 Å². The predicted molar refractivity (Wildman–Crippen MR) is 94.3 cm³/mol. The molecule has 1 atom stereocenters. The minimum Gasteiger partial charge on any atom is -0.480 e. The van der Waals surface area contributed by atoms with Crippen LogP contribution in [0.3, 0.4) is 0 Å². The molecular weight excluding hydrogens is 322 g/mol. The molecule has 0 radical (unpaired) electrons. The summed E-state index contributed by atoms with van der Waals surface area (Å²) in [7, 11) is 0. The highest BCUT2D eigenvalue weighted by Crippen LogP contribution is 2.40. The Labute approximate surface area is 145 Å². The molecule has 0 aliphatic carbocycles. The fourth-order valence-electron chi connectivity index (χ4n) is 2.93. The van der Waals surface area contributed by atoms with Crippen molar-refractivity contribution in [3.8, 4) is 0 Å². The molecule has 1 unspecified atom stereocenters. The second-order valence-corrected chi connectivity index (χ2v) is 6.85. The Morgan fingerprint density at radius 3 is 2.54 bits per heavy atom. The fraction of sp³-hybridized carbons (Fsp3) is 0.263. The third-order valence-corrected chi connectivity index (χ3v) is 5.33. The summed E-state index contributed by atoms with van der Waals surface area (Å²) in [5.74, 6) is -0.637. The lowest BCUT2D eigenvalue weighted by molar-refractivity contribution is -0.144. The molecule has 2 aromatic rings. The second-order valence-electron chi connectivity index (χ2n) is 5.79. The van der Waals surface area contributed by atoms with Crippen molar-refractivity contribution in [1.29, 1.82) is 0 Å². The Morgan fingerprint density at radius 2 is 1.79 bits per heavy atom. The number of thioether (sulfide) groups is 1. The summed E-state index contributed by atoms with van der Waals surface area (Å²) in [6.07, 6.45) is 0.654. The van der Waals surface area contributed by atoms with Gasteiger partial charge in [-0.15, -0.1) is 11.8 Å². The zero-order valence-corrected chi connectivity index (χ0v) is 14.0. The van der Waals surface area contributed by atoms with Crippen LogP contribution < -0.4 is 0 Å². The monoisotopic (exact) mass is 341 g/mol. The normalized spacial score (nSPS) is 15.8. The smallest absolute Gasteiger partial charge is 0.323 e. The maximum Gasteiger partial charge on any atom is 0.323 e. The maximum atomic E-state index is 12.9. The molecule has 0 aromatic heterocycles. The van der Waals surface area contributed by atoms with E-state index in [0.29, 0.717) is 18.7 Å². The molecule has 1 amide bonds. The number of fused-ring (bicyclic) bond motifs is 1. The van der Waals surface area contributed by atoms with E-state index in [9.17, 15) is 9.59 Å². The van der Waals surface area contributed by atoms with Gasteiger partial charge in [0.1, 0.15) is 6.54 Å². The second kappa shape index (κ2) is 7.53. The number of carboxylic acids is 1. The van der Waals surface area contributed by atoms with E-state index in [4.69, 9.17) is 5.11 Å². The van der Waals surface area contributed by atoms with Crippen LogP contribution in [0.4, 0.5) is 0 Å². The van der Waals surface area contributed by atoms with Gasteiger partial charge in [-0.05, 0) is 23.6 Å². The minimum atomic E-state index is -0.977. The number of carbonyl (C=O) groups is 2. The van der Waals surface area contributed by atoms with Crippen molar-refractivity contribution in [3.05, 3.63) is 65.7 Å². The molecule has 5 heteroatoms. The third-order valence-electron chi connectivity index (χ3n) is 4.15. The molecule has 1 aliphatic rings. The molecule has 0 spiro atoms. The maximum absolute atomic E-state index is 12.9. The van der Waals surface area contributed by atoms with Crippen LogP contribution in [0, 0.1) is 0 Å². The summed E-state index contributed by atoms with van der Waals surface area (Å²) in [6.45, 7) is 0.160. The SMILES string of the molecule is O=C(O)CN(CCc1ccccc1)C(=O)C1CSc2ccccc21. The number of hydrogen-bond donors (Lipinski definition) is 1. The number of carbonyl (C=O) groups excluding carboxylic acids is 1. The molecule has 2 aromatic carbocycles. The average Bonchev–Trinajstić information content (AvgIpc) is 3.02. The van der Waals surface area contributed by atoms with Crippen molar-refractivity contribution in [2.75, 3.05) is 18.8 Å². The van der Waals surface area contributed by atoms with E-state index >= 15 is 0 Å². The van der Waals surface area contributed by atoms with E-state index < -0.39 is 5.97 Å². The predicted octanol–water partition coefficient (Wildman–Crippen LogP) is 3.03. The van der Waals surface area contributed by atoms with Gasteiger partial charge in [-0.1, -0.05) is 48.5 Å². The van der Waals surface area contributed by atoms with Gasteiger partial charge in [0.05, 0.1) is 5.92 Å². The number of nitrogens with zero attached hydrogens (tertiary/aromatic N) is 1. The first-order valence-corrected chi connectivity index (χ1v) is 8.90. The lowest BCUT2D eigenvalue weighted by Gasteiger charge is -2.24. The van der Waals surface area contributed by atoms with Gasteiger partial charge in [0.25, 0.3) is 0 Å². The zero-order chi connectivity index (χ0) is 16.9. The number of hydrogen-bond acceptors (Lipinski definition) is 3. The fourth-order valence-corrected chi connectivity index (χ4v) is 4.15. The molecular formula is C19H19NO3S. The van der Waals surface area contributed by atoms with Crippen molar-refractivity contribution in [2.45, 2.75) is 17.2 Å². The summed E-state index contributed by atoms with van der Waals surface area (Å²) in [5.41, 5.74) is 2.12. The molecule has 0 fully saturated rings. The molecule has 0 bridgehead atoms. The molecule has 4 nitrogen and oxygen atoms in total. The van der Waals surface area contributed by atoms with Crippen LogP contribution in [0.25, 0.3) is 0 Å². The first-order valence-electron chi connectivity index (χ1n) is 7.91. The van der Waals surface area contributed by atoms with Gasteiger partial charge in [0.15, 0.2) is 0 Å². The third kappa shape index (κ3) is 3.79. The van der Waals surface area contributed by atoms with Gasteiger partial charge in [-0.25, -0.2) is 0 Å². The van der Waals surface area contributed by atoms with Crippen molar-refractivity contribution in [1.82, 2.24) is 4.90 Å². The van der Waals surface area contributed by atoms with E-state index in [1.807, 2.05) is 54.6 Å². The van der Waals surface area contributed by atoms with E-state index in [0.717, 1.165) is 16.0 Å². The largest absolute Gasteiger partial charge is 0.480 e. The quantitative estimate of drug-likeness (QED) is 0.877. The molecule has 1 heterocycles. The summed E-state index contributed by atoms with van der Waals surface area (Å²) in [6, 6.07) is 17.7. The molecule has 1 N–H and O–H groups in total. The lowest BCUT2D eigenvalue weighted by Crippen LogP contribution is -2.40. The Hall–Kier alpha value is -2.27. The summed E-state index contributed by atoms with van der Waals surface area (Å²) < 4.78 is 0. The Morgan fingerprint density at radius 1 is 1.08 bits per heavy atom. The highest BCUT2D eigenvalue weighted by atomic mass is 32.2. The van der Waals surface area contributed by atoms with Crippen LogP contribution in [-0.4, -0.2) is 40.7 Å². The first-order chi connectivity index (χ1) is 11.6. The molecule has 124 valence electrons. The van der Waals surface area contributed by atoms with E-state index in [1.165, 1.54) is 4.90 Å². The standard InChI is InChI=1S/C19H19NO3S/c21-18(22)12-20(11-10-14-6-2-1-3-7-14)19(23)16-13-24-17-9-5-4-8-15(16)17/h1-9,16H,10-13H2,(H,21,22). The number of carboxylic acid groups (broad SMARTS) is 1. The molecule has 24 heavy (non-hydrogen) atoms. The van der Waals surface area contributed by atoms with Crippen LogP contribution in [0.15, 0.2) is 59.5 Å². The number of aliphatic carboxylic acids is 1. The summed E-state index contributed by atoms with van der Waals surface area (Å²) >= 11 is 1.66. The van der Waals surface area contributed by atoms with Gasteiger partial charge in [-0.3, -0.25) is 9.59 Å². The Balaban J connectivity index is 1.73. The van der Waals surface area contributed by atoms with Crippen LogP contribution in [0.2, 0.25) is 0 Å². The van der Waals surface area contributed by atoms with Gasteiger partial charge < -0.3 is 10.0 Å². The molecule has 0 saturated carbocycles. The first kappa shape index (κ1) is 16.6. The number of amides is 1. The molecule has 1 aliphatic heterocycles. The zero-order valence-electron chi connectivity index (χ0n) is 13.2. The number of benzene rings is 2. The summed E-state index contributed by atoms with van der Waals surface area (Å²) in [5, 5.41) is 9.17. The van der Waals surface area contributed by atoms with E-state index in [2.05, 4.69) is 0 Å². The summed E-state index contributed by atoms with van der Waals surface area (Å²) in [4.78, 5) is 26.7.